The van der Waals surface area contributed by atoms with Crippen molar-refractivity contribution < 1.29 is 4.79 Å². The van der Waals surface area contributed by atoms with Gasteiger partial charge in [-0.3, -0.25) is 23.7 Å². The van der Waals surface area contributed by atoms with Crippen LogP contribution in [-0.4, -0.2) is 56.1 Å². The number of rotatable bonds is 3. The minimum Gasteiger partial charge on any atom is -0.339 e. The van der Waals surface area contributed by atoms with Gasteiger partial charge in [-0.15, -0.1) is 0 Å². The Bertz CT molecular complexity index is 1140. The van der Waals surface area contributed by atoms with E-state index in [0.29, 0.717) is 49.8 Å². The summed E-state index contributed by atoms with van der Waals surface area (Å²) in [4.78, 5) is 47.1. The molecule has 1 amide bonds. The van der Waals surface area contributed by atoms with Crippen LogP contribution in [0.25, 0.3) is 11.2 Å². The highest BCUT2D eigenvalue weighted by Gasteiger charge is 2.25. The van der Waals surface area contributed by atoms with Gasteiger partial charge in [0.25, 0.3) is 5.56 Å². The Kier molecular flexibility index (Phi) is 4.50. The summed E-state index contributed by atoms with van der Waals surface area (Å²) in [7, 11) is 1.60. The predicted octanol–water partition coefficient (Wildman–Crippen LogP) is 0.140. The molecule has 1 aliphatic rings. The maximum atomic E-state index is 12.6. The van der Waals surface area contributed by atoms with E-state index in [1.165, 1.54) is 4.57 Å². The first-order valence-corrected chi connectivity index (χ1v) is 9.19. The first-order chi connectivity index (χ1) is 13.5. The van der Waals surface area contributed by atoms with Crippen molar-refractivity contribution in [2.45, 2.75) is 13.5 Å². The zero-order valence-electron chi connectivity index (χ0n) is 15.9. The summed E-state index contributed by atoms with van der Waals surface area (Å²) in [6.45, 7) is 4.45. The number of aromatic amines is 1. The summed E-state index contributed by atoms with van der Waals surface area (Å²) >= 11 is 0. The van der Waals surface area contributed by atoms with Crippen molar-refractivity contribution >= 4 is 23.0 Å². The van der Waals surface area contributed by atoms with Crippen molar-refractivity contribution in [2.75, 3.05) is 31.1 Å². The molecule has 1 fully saturated rings. The molecule has 1 saturated heterocycles. The van der Waals surface area contributed by atoms with Gasteiger partial charge in [0.15, 0.2) is 11.2 Å². The van der Waals surface area contributed by atoms with E-state index in [2.05, 4.69) is 14.9 Å². The molecule has 0 spiro atoms. The molecule has 0 atom stereocenters. The molecule has 2 aromatic heterocycles. The third kappa shape index (κ3) is 3.08. The molecular formula is C19H22N6O3. The molecule has 0 saturated carbocycles. The second kappa shape index (κ2) is 6.99. The number of hydrogen-bond acceptors (Lipinski definition) is 5. The van der Waals surface area contributed by atoms with Crippen molar-refractivity contribution in [3.05, 3.63) is 56.7 Å². The molecule has 1 aromatic carbocycles. The van der Waals surface area contributed by atoms with Gasteiger partial charge in [-0.25, -0.2) is 4.79 Å². The normalized spacial score (nSPS) is 14.6. The van der Waals surface area contributed by atoms with E-state index in [1.54, 1.807) is 18.9 Å². The Hall–Kier alpha value is -3.36. The summed E-state index contributed by atoms with van der Waals surface area (Å²) in [5, 5.41) is 0. The van der Waals surface area contributed by atoms with E-state index in [1.807, 2.05) is 34.9 Å². The number of fused-ring (bicyclic) bond motifs is 1. The highest BCUT2D eigenvalue weighted by Crippen LogP contribution is 2.22. The molecule has 0 unspecified atom stereocenters. The van der Waals surface area contributed by atoms with Crippen LogP contribution in [0.4, 0.5) is 5.95 Å². The van der Waals surface area contributed by atoms with Crippen LogP contribution in [0.3, 0.4) is 0 Å². The topological polar surface area (TPSA) is 96.2 Å². The second-order valence-electron chi connectivity index (χ2n) is 6.97. The van der Waals surface area contributed by atoms with Crippen molar-refractivity contribution in [1.82, 2.24) is 24.0 Å². The molecule has 146 valence electrons. The molecule has 4 rings (SSSR count). The minimum atomic E-state index is -0.491. The van der Waals surface area contributed by atoms with Crippen LogP contribution < -0.4 is 16.1 Å². The molecule has 1 aliphatic heterocycles. The van der Waals surface area contributed by atoms with Crippen LogP contribution in [0, 0.1) is 0 Å². The van der Waals surface area contributed by atoms with E-state index in [-0.39, 0.29) is 5.91 Å². The van der Waals surface area contributed by atoms with Gasteiger partial charge in [-0.2, -0.15) is 4.98 Å². The number of imidazole rings is 1. The lowest BCUT2D eigenvalue weighted by atomic mass is 10.2. The number of nitrogens with zero attached hydrogens (tertiary/aromatic N) is 5. The van der Waals surface area contributed by atoms with Crippen molar-refractivity contribution in [2.24, 2.45) is 7.05 Å². The lowest BCUT2D eigenvalue weighted by Crippen LogP contribution is -2.48. The Morgan fingerprint density at radius 1 is 1.11 bits per heavy atom. The number of aromatic nitrogens is 4. The van der Waals surface area contributed by atoms with E-state index in [0.717, 1.165) is 5.56 Å². The number of nitrogens with one attached hydrogen (secondary N) is 1. The molecule has 28 heavy (non-hydrogen) atoms. The zero-order valence-corrected chi connectivity index (χ0v) is 15.9. The fourth-order valence-corrected chi connectivity index (χ4v) is 3.60. The van der Waals surface area contributed by atoms with Crippen LogP contribution in [0.2, 0.25) is 0 Å². The molecule has 0 radical (unpaired) electrons. The smallest absolute Gasteiger partial charge is 0.329 e. The van der Waals surface area contributed by atoms with Gasteiger partial charge in [-0.1, -0.05) is 30.3 Å². The monoisotopic (exact) mass is 382 g/mol. The Labute approximate surface area is 160 Å². The lowest BCUT2D eigenvalue weighted by Gasteiger charge is -2.35. The van der Waals surface area contributed by atoms with Crippen LogP contribution in [-0.2, 0) is 18.4 Å². The standard InChI is InChI=1S/C19H22N6O3/c1-13(26)23-8-10-24(11-9-23)18-20-16-15(17(27)21-19(28)22(16)2)25(18)12-14-6-4-3-5-7-14/h3-7H,8-12H2,1-2H3,(H,21,27,28). The maximum Gasteiger partial charge on any atom is 0.329 e. The Morgan fingerprint density at radius 2 is 1.79 bits per heavy atom. The number of H-pyrrole nitrogens is 1. The molecule has 0 aliphatic carbocycles. The zero-order chi connectivity index (χ0) is 19.8. The number of anilines is 1. The van der Waals surface area contributed by atoms with Crippen molar-refractivity contribution in [3.8, 4) is 0 Å². The van der Waals surface area contributed by atoms with Gasteiger partial charge in [-0.05, 0) is 5.56 Å². The van der Waals surface area contributed by atoms with Crippen molar-refractivity contribution in [3.63, 3.8) is 0 Å². The van der Waals surface area contributed by atoms with Gasteiger partial charge in [0.05, 0.1) is 6.54 Å². The number of carbonyl (C=O) groups is 1. The average Bonchev–Trinajstić information content (AvgIpc) is 3.07. The molecule has 9 heteroatoms. The second-order valence-corrected chi connectivity index (χ2v) is 6.97. The highest BCUT2D eigenvalue weighted by molar-refractivity contribution is 5.75. The SMILES string of the molecule is CC(=O)N1CCN(c2nc3c(c(=O)[nH]c(=O)n3C)n2Cc2ccccc2)CC1. The number of hydrogen-bond donors (Lipinski definition) is 1. The summed E-state index contributed by atoms with van der Waals surface area (Å²) < 4.78 is 3.21. The van der Waals surface area contributed by atoms with Crippen LogP contribution in [0.5, 0.6) is 0 Å². The molecule has 9 nitrogen and oxygen atoms in total. The molecule has 3 heterocycles. The number of benzene rings is 1. The fraction of sp³-hybridized carbons (Fsp3) is 0.368. The summed E-state index contributed by atoms with van der Waals surface area (Å²) in [5.74, 6) is 0.685. The third-order valence-corrected chi connectivity index (χ3v) is 5.18. The van der Waals surface area contributed by atoms with Gasteiger partial charge in [0, 0.05) is 40.2 Å². The van der Waals surface area contributed by atoms with Gasteiger partial charge in [0.1, 0.15) is 0 Å². The first kappa shape index (κ1) is 18.0. The lowest BCUT2D eigenvalue weighted by molar-refractivity contribution is -0.129. The van der Waals surface area contributed by atoms with Crippen LogP contribution in [0.15, 0.2) is 39.9 Å². The quantitative estimate of drug-likeness (QED) is 0.695. The first-order valence-electron chi connectivity index (χ1n) is 9.19. The number of piperazine rings is 1. The summed E-state index contributed by atoms with van der Waals surface area (Å²) in [6.07, 6.45) is 0. The van der Waals surface area contributed by atoms with Crippen molar-refractivity contribution in [1.29, 1.82) is 0 Å². The molecular weight excluding hydrogens is 360 g/mol. The molecule has 1 N–H and O–H groups in total. The van der Waals surface area contributed by atoms with Gasteiger partial charge >= 0.3 is 5.69 Å². The fourth-order valence-electron chi connectivity index (χ4n) is 3.60. The number of carbonyl (C=O) groups excluding carboxylic acids is 1. The van der Waals surface area contributed by atoms with E-state index >= 15 is 0 Å². The van der Waals surface area contributed by atoms with Gasteiger partial charge in [0.2, 0.25) is 11.9 Å². The highest BCUT2D eigenvalue weighted by atomic mass is 16.2. The maximum absolute atomic E-state index is 12.6. The van der Waals surface area contributed by atoms with E-state index in [9.17, 15) is 14.4 Å². The van der Waals surface area contributed by atoms with Crippen LogP contribution >= 0.6 is 0 Å². The Balaban J connectivity index is 1.83. The minimum absolute atomic E-state index is 0.0521. The van der Waals surface area contributed by atoms with Gasteiger partial charge < -0.3 is 9.80 Å². The van der Waals surface area contributed by atoms with Crippen LogP contribution in [0.1, 0.15) is 12.5 Å². The molecule has 0 bridgehead atoms. The summed E-state index contributed by atoms with van der Waals surface area (Å²) in [5.41, 5.74) is 0.812. The third-order valence-electron chi connectivity index (χ3n) is 5.18. The summed E-state index contributed by atoms with van der Waals surface area (Å²) in [6, 6.07) is 9.80. The van der Waals surface area contributed by atoms with E-state index in [4.69, 9.17) is 0 Å². The average molecular weight is 382 g/mol. The predicted molar refractivity (Wildman–Crippen MR) is 106 cm³/mol. The molecule has 3 aromatic rings. The number of amides is 1. The van der Waals surface area contributed by atoms with E-state index < -0.39 is 11.2 Å². The Morgan fingerprint density at radius 3 is 2.43 bits per heavy atom. The number of aryl methyl sites for hydroxylation is 1. The largest absolute Gasteiger partial charge is 0.339 e.